The van der Waals surface area contributed by atoms with Crippen LogP contribution in [0.3, 0.4) is 0 Å². The SMILES string of the molecule is CCN(Cc1ccccc1N)c1cc(Br)ccc1C(N)=O. The van der Waals surface area contributed by atoms with E-state index >= 15 is 0 Å². The highest BCUT2D eigenvalue weighted by Crippen LogP contribution is 2.27. The zero-order valence-electron chi connectivity index (χ0n) is 11.8. The van der Waals surface area contributed by atoms with Gasteiger partial charge in [-0.3, -0.25) is 4.79 Å². The molecule has 0 saturated carbocycles. The quantitative estimate of drug-likeness (QED) is 0.816. The maximum Gasteiger partial charge on any atom is 0.250 e. The van der Waals surface area contributed by atoms with Gasteiger partial charge in [-0.05, 0) is 36.8 Å². The highest BCUT2D eigenvalue weighted by Gasteiger charge is 2.15. The van der Waals surface area contributed by atoms with Gasteiger partial charge in [-0.1, -0.05) is 34.1 Å². The van der Waals surface area contributed by atoms with E-state index in [1.54, 1.807) is 6.07 Å². The zero-order valence-corrected chi connectivity index (χ0v) is 13.4. The summed E-state index contributed by atoms with van der Waals surface area (Å²) in [5, 5.41) is 0. The van der Waals surface area contributed by atoms with E-state index < -0.39 is 5.91 Å². The molecule has 2 rings (SSSR count). The van der Waals surface area contributed by atoms with Crippen LogP contribution in [0, 0.1) is 0 Å². The van der Waals surface area contributed by atoms with Crippen LogP contribution in [0.2, 0.25) is 0 Å². The lowest BCUT2D eigenvalue weighted by Crippen LogP contribution is -2.26. The maximum absolute atomic E-state index is 11.6. The van der Waals surface area contributed by atoms with E-state index in [1.165, 1.54) is 0 Å². The van der Waals surface area contributed by atoms with Gasteiger partial charge in [0.2, 0.25) is 0 Å². The third kappa shape index (κ3) is 3.55. The van der Waals surface area contributed by atoms with Crippen LogP contribution in [0.25, 0.3) is 0 Å². The van der Waals surface area contributed by atoms with Crippen LogP contribution >= 0.6 is 15.9 Å². The third-order valence-electron chi connectivity index (χ3n) is 3.36. The smallest absolute Gasteiger partial charge is 0.250 e. The first-order valence-corrected chi connectivity index (χ1v) is 7.50. The topological polar surface area (TPSA) is 72.3 Å². The average molecular weight is 348 g/mol. The van der Waals surface area contributed by atoms with Crippen molar-refractivity contribution in [2.24, 2.45) is 5.73 Å². The molecular weight excluding hydrogens is 330 g/mol. The number of amides is 1. The fourth-order valence-corrected chi connectivity index (χ4v) is 2.57. The van der Waals surface area contributed by atoms with Crippen molar-refractivity contribution in [3.05, 3.63) is 58.1 Å². The van der Waals surface area contributed by atoms with Crippen molar-refractivity contribution in [2.75, 3.05) is 17.2 Å². The summed E-state index contributed by atoms with van der Waals surface area (Å²) in [4.78, 5) is 13.7. The van der Waals surface area contributed by atoms with Crippen LogP contribution in [0.15, 0.2) is 46.9 Å². The van der Waals surface area contributed by atoms with Crippen molar-refractivity contribution in [1.29, 1.82) is 0 Å². The van der Waals surface area contributed by atoms with Crippen molar-refractivity contribution >= 4 is 33.2 Å². The molecule has 0 spiro atoms. The molecule has 5 heteroatoms. The number of benzene rings is 2. The number of halogens is 1. The molecule has 0 unspecified atom stereocenters. The van der Waals surface area contributed by atoms with E-state index in [1.807, 2.05) is 43.3 Å². The number of nitrogen functional groups attached to an aromatic ring is 1. The molecule has 0 aromatic heterocycles. The summed E-state index contributed by atoms with van der Waals surface area (Å²) >= 11 is 3.44. The van der Waals surface area contributed by atoms with E-state index in [0.717, 1.165) is 28.0 Å². The number of hydrogen-bond donors (Lipinski definition) is 2. The number of anilines is 2. The molecule has 0 bridgehead atoms. The molecule has 4 N–H and O–H groups in total. The fraction of sp³-hybridized carbons (Fsp3) is 0.188. The Bertz CT molecular complexity index is 658. The normalized spacial score (nSPS) is 10.4. The van der Waals surface area contributed by atoms with Gasteiger partial charge in [0.05, 0.1) is 11.3 Å². The molecule has 0 aliphatic heterocycles. The van der Waals surface area contributed by atoms with E-state index in [-0.39, 0.29) is 0 Å². The zero-order chi connectivity index (χ0) is 15.4. The van der Waals surface area contributed by atoms with Gasteiger partial charge in [-0.15, -0.1) is 0 Å². The average Bonchev–Trinajstić information content (AvgIpc) is 2.46. The lowest BCUT2D eigenvalue weighted by atomic mass is 10.1. The monoisotopic (exact) mass is 347 g/mol. The molecule has 4 nitrogen and oxygen atoms in total. The summed E-state index contributed by atoms with van der Waals surface area (Å²) in [6, 6.07) is 13.2. The van der Waals surface area contributed by atoms with Gasteiger partial charge in [-0.25, -0.2) is 0 Å². The Kier molecular flexibility index (Phi) is 4.85. The minimum absolute atomic E-state index is 0.433. The van der Waals surface area contributed by atoms with Crippen molar-refractivity contribution < 1.29 is 4.79 Å². The highest BCUT2D eigenvalue weighted by atomic mass is 79.9. The van der Waals surface area contributed by atoms with Crippen LogP contribution in [0.5, 0.6) is 0 Å². The highest BCUT2D eigenvalue weighted by molar-refractivity contribution is 9.10. The summed E-state index contributed by atoms with van der Waals surface area (Å²) in [5.74, 6) is -0.433. The molecular formula is C16H18BrN3O. The predicted molar refractivity (Wildman–Crippen MR) is 90.2 cm³/mol. The number of carbonyl (C=O) groups is 1. The van der Waals surface area contributed by atoms with Gasteiger partial charge in [0.25, 0.3) is 5.91 Å². The number of rotatable bonds is 5. The lowest BCUT2D eigenvalue weighted by Gasteiger charge is -2.26. The minimum Gasteiger partial charge on any atom is -0.398 e. The first-order chi connectivity index (χ1) is 10.0. The summed E-state index contributed by atoms with van der Waals surface area (Å²) in [5.41, 5.74) is 14.6. The number of primary amides is 1. The van der Waals surface area contributed by atoms with Gasteiger partial charge in [0.1, 0.15) is 0 Å². The summed E-state index contributed by atoms with van der Waals surface area (Å²) in [6.07, 6.45) is 0. The molecule has 2 aromatic carbocycles. The third-order valence-corrected chi connectivity index (χ3v) is 3.86. The Balaban J connectivity index is 2.40. The molecule has 1 amide bonds. The van der Waals surface area contributed by atoms with Gasteiger partial charge >= 0.3 is 0 Å². The standard InChI is InChI=1S/C16H18BrN3O/c1-2-20(10-11-5-3-4-6-14(11)18)15-9-12(17)7-8-13(15)16(19)21/h3-9H,2,10,18H2,1H3,(H2,19,21). The lowest BCUT2D eigenvalue weighted by molar-refractivity contribution is 0.100. The molecule has 0 atom stereocenters. The maximum atomic E-state index is 11.6. The van der Waals surface area contributed by atoms with Crippen LogP contribution in [0.4, 0.5) is 11.4 Å². The van der Waals surface area contributed by atoms with E-state index in [9.17, 15) is 4.79 Å². The van der Waals surface area contributed by atoms with Crippen LogP contribution in [-0.4, -0.2) is 12.5 Å². The van der Waals surface area contributed by atoms with Crippen molar-refractivity contribution in [1.82, 2.24) is 0 Å². The summed E-state index contributed by atoms with van der Waals surface area (Å²) in [7, 11) is 0. The second kappa shape index (κ2) is 6.63. The van der Waals surface area contributed by atoms with E-state index in [2.05, 4.69) is 20.8 Å². The molecule has 2 aromatic rings. The van der Waals surface area contributed by atoms with Crippen LogP contribution < -0.4 is 16.4 Å². The van der Waals surface area contributed by atoms with Gasteiger partial charge in [0, 0.05) is 23.2 Å². The van der Waals surface area contributed by atoms with Crippen molar-refractivity contribution in [3.8, 4) is 0 Å². The van der Waals surface area contributed by atoms with E-state index in [4.69, 9.17) is 11.5 Å². The Morgan fingerprint density at radius 2 is 1.95 bits per heavy atom. The number of nitrogens with two attached hydrogens (primary N) is 2. The van der Waals surface area contributed by atoms with E-state index in [0.29, 0.717) is 12.1 Å². The van der Waals surface area contributed by atoms with Crippen molar-refractivity contribution in [2.45, 2.75) is 13.5 Å². The molecule has 0 saturated heterocycles. The molecule has 0 aliphatic carbocycles. The molecule has 0 aliphatic rings. The second-order valence-electron chi connectivity index (χ2n) is 4.74. The number of para-hydroxylation sites is 1. The molecule has 0 radical (unpaired) electrons. The largest absolute Gasteiger partial charge is 0.398 e. The first kappa shape index (κ1) is 15.4. The van der Waals surface area contributed by atoms with Gasteiger partial charge < -0.3 is 16.4 Å². The number of hydrogen-bond acceptors (Lipinski definition) is 3. The molecule has 0 heterocycles. The summed E-state index contributed by atoms with van der Waals surface area (Å²) < 4.78 is 0.905. The fourth-order valence-electron chi connectivity index (χ4n) is 2.23. The Hall–Kier alpha value is -2.01. The Labute approximate surface area is 132 Å². The second-order valence-corrected chi connectivity index (χ2v) is 5.65. The number of carbonyl (C=O) groups excluding carboxylic acids is 1. The van der Waals surface area contributed by atoms with Crippen LogP contribution in [0.1, 0.15) is 22.8 Å². The minimum atomic E-state index is -0.433. The van der Waals surface area contributed by atoms with Crippen LogP contribution in [-0.2, 0) is 6.54 Å². The van der Waals surface area contributed by atoms with Gasteiger partial charge in [-0.2, -0.15) is 0 Å². The van der Waals surface area contributed by atoms with Gasteiger partial charge in [0.15, 0.2) is 0 Å². The Morgan fingerprint density at radius 1 is 1.24 bits per heavy atom. The summed E-state index contributed by atoms with van der Waals surface area (Å²) in [6.45, 7) is 3.40. The Morgan fingerprint density at radius 3 is 2.57 bits per heavy atom. The number of nitrogens with zero attached hydrogens (tertiary/aromatic N) is 1. The first-order valence-electron chi connectivity index (χ1n) is 6.70. The molecule has 0 fully saturated rings. The molecule has 21 heavy (non-hydrogen) atoms. The molecule has 110 valence electrons. The van der Waals surface area contributed by atoms with Crippen molar-refractivity contribution in [3.63, 3.8) is 0 Å². The predicted octanol–water partition coefficient (Wildman–Crippen LogP) is 3.16.